The zero-order valence-electron chi connectivity index (χ0n) is 21.1. The molecule has 41 heavy (non-hydrogen) atoms. The first-order valence-electron chi connectivity index (χ1n) is 11.9. The van der Waals surface area contributed by atoms with E-state index in [1.807, 2.05) is 0 Å². The lowest BCUT2D eigenvalue weighted by atomic mass is 10.1. The number of rotatable bonds is 7. The zero-order valence-corrected chi connectivity index (χ0v) is 23.5. The van der Waals surface area contributed by atoms with Gasteiger partial charge in [0.1, 0.15) is 0 Å². The average molecular weight is 620 g/mol. The van der Waals surface area contributed by atoms with Gasteiger partial charge in [-0.1, -0.05) is 41.4 Å². The van der Waals surface area contributed by atoms with Gasteiger partial charge in [-0.15, -0.1) is 11.3 Å². The van der Waals surface area contributed by atoms with E-state index in [0.29, 0.717) is 27.6 Å². The quantitative estimate of drug-likeness (QED) is 0.231. The number of nitrogens with zero attached hydrogens (tertiary/aromatic N) is 4. The first kappa shape index (κ1) is 28.6. The third-order valence-corrected chi connectivity index (χ3v) is 9.14. The first-order valence-corrected chi connectivity index (χ1v) is 14.6. The number of benzene rings is 3. The Morgan fingerprint density at radius 3 is 2.37 bits per heavy atom. The molecule has 0 saturated carbocycles. The van der Waals surface area contributed by atoms with Crippen molar-refractivity contribution < 1.29 is 31.5 Å². The number of imidazole rings is 1. The molecule has 14 heteroatoms. The standard InChI is InChI=1S/C27H20ClF3N4O4S2/c1-16-2-8-19(9-3-16)41(38,39)34(26(36)37)12-10-17-4-6-18(7-5-17)35-23-15-21(28)20(27(29,30)31)14-22(23)33-24(35)25-32-11-13-40-25/h2-9,11,13-15H,10,12H2,1H3,(H,36,37)/p-1. The van der Waals surface area contributed by atoms with Gasteiger partial charge in [0, 0.05) is 23.8 Å². The predicted molar refractivity (Wildman–Crippen MR) is 146 cm³/mol. The summed E-state index contributed by atoms with van der Waals surface area (Å²) in [5.41, 5.74) is 1.35. The summed E-state index contributed by atoms with van der Waals surface area (Å²) in [6, 6.07) is 14.5. The van der Waals surface area contributed by atoms with Crippen molar-refractivity contribution in [3.05, 3.63) is 94.0 Å². The van der Waals surface area contributed by atoms with Gasteiger partial charge in [0.25, 0.3) is 10.0 Å². The summed E-state index contributed by atoms with van der Waals surface area (Å²) in [4.78, 5) is 20.2. The third-order valence-electron chi connectivity index (χ3n) is 6.28. The number of sulfonamides is 1. The Labute approximate surface area is 241 Å². The molecule has 1 amide bonds. The molecule has 2 aromatic heterocycles. The third kappa shape index (κ3) is 5.65. The van der Waals surface area contributed by atoms with E-state index in [4.69, 9.17) is 11.6 Å². The van der Waals surface area contributed by atoms with Crippen LogP contribution in [-0.4, -0.2) is 39.9 Å². The van der Waals surface area contributed by atoms with Crippen LogP contribution in [0.15, 0.2) is 77.1 Å². The summed E-state index contributed by atoms with van der Waals surface area (Å²) >= 11 is 7.27. The number of hydrogen-bond donors (Lipinski definition) is 0. The van der Waals surface area contributed by atoms with Gasteiger partial charge >= 0.3 is 6.18 Å². The molecule has 0 saturated heterocycles. The molecule has 8 nitrogen and oxygen atoms in total. The van der Waals surface area contributed by atoms with Gasteiger partial charge in [0.05, 0.1) is 26.5 Å². The van der Waals surface area contributed by atoms with Gasteiger partial charge in [0.2, 0.25) is 0 Å². The topological polar surface area (TPSA) is 108 Å². The highest BCUT2D eigenvalue weighted by Gasteiger charge is 2.34. The maximum atomic E-state index is 13.5. The van der Waals surface area contributed by atoms with Crippen molar-refractivity contribution in [3.8, 4) is 16.5 Å². The number of alkyl halides is 3. The Morgan fingerprint density at radius 1 is 1.10 bits per heavy atom. The van der Waals surface area contributed by atoms with E-state index in [1.165, 1.54) is 29.5 Å². The molecule has 5 rings (SSSR count). The monoisotopic (exact) mass is 619 g/mol. The number of thiazole rings is 1. The van der Waals surface area contributed by atoms with E-state index in [-0.39, 0.29) is 27.7 Å². The molecule has 5 aromatic rings. The minimum Gasteiger partial charge on any atom is -0.529 e. The number of carboxylic acid groups (broad SMARTS) is 1. The molecule has 2 heterocycles. The molecule has 0 unspecified atom stereocenters. The highest BCUT2D eigenvalue weighted by Crippen LogP contribution is 2.39. The van der Waals surface area contributed by atoms with Crippen molar-refractivity contribution in [2.45, 2.75) is 24.4 Å². The average Bonchev–Trinajstić information content (AvgIpc) is 3.56. The summed E-state index contributed by atoms with van der Waals surface area (Å²) in [7, 11) is -4.34. The van der Waals surface area contributed by atoms with E-state index in [9.17, 15) is 31.5 Å². The van der Waals surface area contributed by atoms with Crippen LogP contribution in [0.25, 0.3) is 27.6 Å². The number of amides is 1. The van der Waals surface area contributed by atoms with E-state index >= 15 is 0 Å². The number of aryl methyl sites for hydroxylation is 1. The van der Waals surface area contributed by atoms with Gasteiger partial charge in [-0.3, -0.25) is 8.87 Å². The molecule has 0 aliphatic rings. The fraction of sp³-hybridized carbons (Fsp3) is 0.148. The lowest BCUT2D eigenvalue weighted by molar-refractivity contribution is -0.259. The Bertz CT molecular complexity index is 1840. The lowest BCUT2D eigenvalue weighted by Gasteiger charge is -2.24. The molecular formula is C27H19ClF3N4O4S2-. The molecule has 0 fully saturated rings. The number of carbonyl (C=O) groups is 1. The Kier molecular flexibility index (Phi) is 7.53. The second-order valence-corrected chi connectivity index (χ2v) is 12.2. The van der Waals surface area contributed by atoms with E-state index < -0.39 is 32.9 Å². The van der Waals surface area contributed by atoms with E-state index in [1.54, 1.807) is 59.5 Å². The molecule has 0 atom stereocenters. The van der Waals surface area contributed by atoms with Crippen LogP contribution in [0.5, 0.6) is 0 Å². The molecule has 0 aliphatic carbocycles. The number of halogens is 4. The van der Waals surface area contributed by atoms with Crippen molar-refractivity contribution in [1.82, 2.24) is 18.8 Å². The van der Waals surface area contributed by atoms with Gasteiger partial charge < -0.3 is 9.90 Å². The number of hydrogen-bond acceptors (Lipinski definition) is 7. The summed E-state index contributed by atoms with van der Waals surface area (Å²) in [5, 5.41) is 13.4. The van der Waals surface area contributed by atoms with Crippen molar-refractivity contribution >= 4 is 50.1 Å². The predicted octanol–water partition coefficient (Wildman–Crippen LogP) is 5.71. The molecule has 0 N–H and O–H groups in total. The van der Waals surface area contributed by atoms with Crippen LogP contribution in [0, 0.1) is 6.92 Å². The second kappa shape index (κ2) is 10.8. The Hall–Kier alpha value is -3.94. The number of carbonyl (C=O) groups excluding carboxylic acids is 1. The molecule has 0 spiro atoms. The van der Waals surface area contributed by atoms with Crippen LogP contribution in [0.4, 0.5) is 18.0 Å². The van der Waals surface area contributed by atoms with Crippen LogP contribution in [-0.2, 0) is 22.6 Å². The summed E-state index contributed by atoms with van der Waals surface area (Å²) in [6.45, 7) is 1.39. The maximum Gasteiger partial charge on any atom is 0.417 e. The molecule has 0 aliphatic heterocycles. The maximum absolute atomic E-state index is 13.5. The highest BCUT2D eigenvalue weighted by molar-refractivity contribution is 7.89. The normalized spacial score (nSPS) is 12.1. The highest BCUT2D eigenvalue weighted by atomic mass is 35.5. The molecule has 212 valence electrons. The summed E-state index contributed by atoms with van der Waals surface area (Å²) in [6.07, 6.45) is -4.92. The van der Waals surface area contributed by atoms with Crippen molar-refractivity contribution in [2.75, 3.05) is 6.54 Å². The van der Waals surface area contributed by atoms with Gasteiger partial charge in [-0.25, -0.2) is 18.4 Å². The second-order valence-electron chi connectivity index (χ2n) is 9.00. The van der Waals surface area contributed by atoms with Crippen LogP contribution in [0.3, 0.4) is 0 Å². The van der Waals surface area contributed by atoms with Crippen molar-refractivity contribution in [2.24, 2.45) is 0 Å². The van der Waals surface area contributed by atoms with Crippen molar-refractivity contribution in [1.29, 1.82) is 0 Å². The molecular weight excluding hydrogens is 601 g/mol. The number of fused-ring (bicyclic) bond motifs is 1. The van der Waals surface area contributed by atoms with Crippen LogP contribution < -0.4 is 5.11 Å². The minimum absolute atomic E-state index is 0.0458. The molecule has 0 bridgehead atoms. The van der Waals surface area contributed by atoms with Gasteiger partial charge in [0.15, 0.2) is 16.9 Å². The van der Waals surface area contributed by atoms with Crippen LogP contribution in [0.2, 0.25) is 5.02 Å². The summed E-state index contributed by atoms with van der Waals surface area (Å²) in [5.74, 6) is 0.311. The smallest absolute Gasteiger partial charge is 0.417 e. The van der Waals surface area contributed by atoms with Crippen molar-refractivity contribution in [3.63, 3.8) is 0 Å². The fourth-order valence-electron chi connectivity index (χ4n) is 4.24. The number of aromatic nitrogens is 3. The van der Waals surface area contributed by atoms with Gasteiger partial charge in [-0.05, 0) is 55.3 Å². The minimum atomic E-state index is -4.66. The zero-order chi connectivity index (χ0) is 29.5. The van der Waals surface area contributed by atoms with Gasteiger partial charge in [-0.2, -0.15) is 13.2 Å². The van der Waals surface area contributed by atoms with Crippen LogP contribution >= 0.6 is 22.9 Å². The van der Waals surface area contributed by atoms with E-state index in [0.717, 1.165) is 11.6 Å². The largest absolute Gasteiger partial charge is 0.529 e. The van der Waals surface area contributed by atoms with E-state index in [2.05, 4.69) is 9.97 Å². The summed E-state index contributed by atoms with van der Waals surface area (Å²) < 4.78 is 68.2. The first-order chi connectivity index (χ1) is 19.4. The van der Waals surface area contributed by atoms with Crippen LogP contribution in [0.1, 0.15) is 16.7 Å². The SMILES string of the molecule is Cc1ccc(S(=O)(=O)N(CCc2ccc(-n3c(-c4nccs4)nc4cc(C(F)(F)F)c(Cl)cc43)cc2)C(=O)[O-])cc1. The molecule has 3 aromatic carbocycles. The Balaban J connectivity index is 1.47. The fourth-order valence-corrected chi connectivity index (χ4v) is 6.39. The molecule has 0 radical (unpaired) electrons. The Morgan fingerprint density at radius 2 is 1.78 bits per heavy atom. The lowest BCUT2D eigenvalue weighted by Crippen LogP contribution is -2.45.